The van der Waals surface area contributed by atoms with Crippen LogP contribution in [-0.4, -0.2) is 37.0 Å². The number of methoxy groups -OCH3 is 1. The van der Waals surface area contributed by atoms with Crippen LogP contribution in [0.25, 0.3) is 0 Å². The van der Waals surface area contributed by atoms with Gasteiger partial charge < -0.3 is 14.6 Å². The number of carbonyl (C=O) groups is 1. The fourth-order valence-electron chi connectivity index (χ4n) is 1.29. The van der Waals surface area contributed by atoms with E-state index in [9.17, 15) is 4.79 Å². The van der Waals surface area contributed by atoms with Crippen molar-refractivity contribution in [1.82, 2.24) is 0 Å². The molecule has 0 saturated carbocycles. The fraction of sp³-hybridized carbons (Fsp3) is 0.875. The predicted octanol–water partition coefficient (Wildman–Crippen LogP) is 0.0894. The lowest BCUT2D eigenvalue weighted by molar-refractivity contribution is -0.142. The standard InChI is InChI=1S/C8H14O4/c1-11-7(5-9)4-6-2-3-8(10)12-6/h6-7,9H,2-5H2,1H3/t6-,7-/m1/s1. The summed E-state index contributed by atoms with van der Waals surface area (Å²) in [6.45, 7) is -0.0233. The van der Waals surface area contributed by atoms with E-state index in [0.29, 0.717) is 12.8 Å². The van der Waals surface area contributed by atoms with E-state index in [0.717, 1.165) is 6.42 Å². The van der Waals surface area contributed by atoms with E-state index >= 15 is 0 Å². The molecule has 1 aliphatic rings. The molecule has 1 fully saturated rings. The number of hydrogen-bond donors (Lipinski definition) is 1. The van der Waals surface area contributed by atoms with Crippen LogP contribution in [0.4, 0.5) is 0 Å². The van der Waals surface area contributed by atoms with Gasteiger partial charge in [-0.15, -0.1) is 0 Å². The first-order valence-electron chi connectivity index (χ1n) is 4.09. The Hall–Kier alpha value is -0.610. The van der Waals surface area contributed by atoms with Crippen molar-refractivity contribution in [2.24, 2.45) is 0 Å². The Morgan fingerprint density at radius 3 is 3.00 bits per heavy atom. The number of cyclic esters (lactones) is 1. The minimum atomic E-state index is -0.208. The van der Waals surface area contributed by atoms with Crippen molar-refractivity contribution >= 4 is 5.97 Å². The molecular weight excluding hydrogens is 160 g/mol. The highest BCUT2D eigenvalue weighted by Gasteiger charge is 2.25. The number of rotatable bonds is 4. The third-order valence-corrected chi connectivity index (χ3v) is 2.03. The Kier molecular flexibility index (Phi) is 3.49. The van der Waals surface area contributed by atoms with Crippen LogP contribution in [0.15, 0.2) is 0 Å². The second-order valence-corrected chi connectivity index (χ2v) is 2.93. The molecule has 4 nitrogen and oxygen atoms in total. The molecule has 0 aliphatic carbocycles. The highest BCUT2D eigenvalue weighted by atomic mass is 16.6. The molecule has 0 aromatic heterocycles. The lowest BCUT2D eigenvalue weighted by Gasteiger charge is -2.15. The number of aliphatic hydroxyl groups excluding tert-OH is 1. The first kappa shape index (κ1) is 9.48. The SMILES string of the molecule is CO[C@@H](CO)C[C@H]1CCC(=O)O1. The molecule has 1 saturated heterocycles. The van der Waals surface area contributed by atoms with Crippen molar-refractivity contribution < 1.29 is 19.4 Å². The summed E-state index contributed by atoms with van der Waals surface area (Å²) in [5, 5.41) is 8.79. The van der Waals surface area contributed by atoms with Crippen molar-refractivity contribution in [3.8, 4) is 0 Å². The molecule has 1 heterocycles. The summed E-state index contributed by atoms with van der Waals surface area (Å²) in [4.78, 5) is 10.7. The molecule has 4 heteroatoms. The Morgan fingerprint density at radius 1 is 1.83 bits per heavy atom. The van der Waals surface area contributed by atoms with Gasteiger partial charge >= 0.3 is 5.97 Å². The van der Waals surface area contributed by atoms with Gasteiger partial charge in [0.05, 0.1) is 12.7 Å². The molecule has 0 unspecified atom stereocenters. The first-order chi connectivity index (χ1) is 5.76. The maximum Gasteiger partial charge on any atom is 0.306 e. The molecule has 70 valence electrons. The number of aliphatic hydroxyl groups is 1. The van der Waals surface area contributed by atoms with Gasteiger partial charge in [0, 0.05) is 20.0 Å². The lowest BCUT2D eigenvalue weighted by atomic mass is 10.1. The molecule has 2 atom stereocenters. The Bertz CT molecular complexity index is 153. The third-order valence-electron chi connectivity index (χ3n) is 2.03. The average Bonchev–Trinajstić information content (AvgIpc) is 2.47. The number of esters is 1. The maximum atomic E-state index is 10.7. The third kappa shape index (κ3) is 2.46. The number of hydrogen-bond acceptors (Lipinski definition) is 4. The molecule has 0 aromatic rings. The van der Waals surface area contributed by atoms with E-state index < -0.39 is 0 Å². The summed E-state index contributed by atoms with van der Waals surface area (Å²) >= 11 is 0. The van der Waals surface area contributed by atoms with Crippen LogP contribution in [0, 0.1) is 0 Å². The summed E-state index contributed by atoms with van der Waals surface area (Å²) in [6.07, 6.45) is 1.57. The van der Waals surface area contributed by atoms with Crippen LogP contribution < -0.4 is 0 Å². The van der Waals surface area contributed by atoms with Gasteiger partial charge in [0.1, 0.15) is 6.10 Å². The minimum absolute atomic E-state index is 0.0233. The van der Waals surface area contributed by atoms with Gasteiger partial charge in [0.15, 0.2) is 0 Å². The minimum Gasteiger partial charge on any atom is -0.462 e. The van der Waals surface area contributed by atoms with Crippen molar-refractivity contribution in [3.05, 3.63) is 0 Å². The largest absolute Gasteiger partial charge is 0.462 e. The Labute approximate surface area is 71.5 Å². The highest BCUT2D eigenvalue weighted by molar-refractivity contribution is 5.71. The topological polar surface area (TPSA) is 55.8 Å². The summed E-state index contributed by atoms with van der Waals surface area (Å²) in [5.74, 6) is -0.146. The average molecular weight is 174 g/mol. The van der Waals surface area contributed by atoms with E-state index in [1.54, 1.807) is 0 Å². The highest BCUT2D eigenvalue weighted by Crippen LogP contribution is 2.18. The molecule has 1 N–H and O–H groups in total. The normalized spacial score (nSPS) is 25.5. The van der Waals surface area contributed by atoms with Crippen molar-refractivity contribution in [2.75, 3.05) is 13.7 Å². The summed E-state index contributed by atoms with van der Waals surface area (Å²) in [7, 11) is 1.54. The fourth-order valence-corrected chi connectivity index (χ4v) is 1.29. The zero-order valence-corrected chi connectivity index (χ0v) is 7.16. The van der Waals surface area contributed by atoms with E-state index in [1.165, 1.54) is 7.11 Å². The van der Waals surface area contributed by atoms with Crippen LogP contribution in [-0.2, 0) is 14.3 Å². The van der Waals surface area contributed by atoms with Gasteiger partial charge in [-0.3, -0.25) is 4.79 Å². The quantitative estimate of drug-likeness (QED) is 0.614. The van der Waals surface area contributed by atoms with Gasteiger partial charge in [-0.05, 0) is 6.42 Å². The smallest absolute Gasteiger partial charge is 0.306 e. The molecule has 0 radical (unpaired) electrons. The van der Waals surface area contributed by atoms with Gasteiger partial charge in [0.2, 0.25) is 0 Å². The van der Waals surface area contributed by atoms with Gasteiger partial charge in [0.25, 0.3) is 0 Å². The first-order valence-corrected chi connectivity index (χ1v) is 4.09. The van der Waals surface area contributed by atoms with Crippen molar-refractivity contribution in [3.63, 3.8) is 0 Å². The van der Waals surface area contributed by atoms with E-state index in [4.69, 9.17) is 14.6 Å². The van der Waals surface area contributed by atoms with Crippen molar-refractivity contribution in [1.29, 1.82) is 0 Å². The zero-order chi connectivity index (χ0) is 8.97. The number of carbonyl (C=O) groups excluding carboxylic acids is 1. The van der Waals surface area contributed by atoms with Crippen LogP contribution in [0.3, 0.4) is 0 Å². The Balaban J connectivity index is 2.26. The van der Waals surface area contributed by atoms with Crippen molar-refractivity contribution in [2.45, 2.75) is 31.5 Å². The summed E-state index contributed by atoms with van der Waals surface area (Å²) in [6, 6.07) is 0. The lowest BCUT2D eigenvalue weighted by Crippen LogP contribution is -2.22. The molecule has 12 heavy (non-hydrogen) atoms. The molecule has 0 bridgehead atoms. The Morgan fingerprint density at radius 2 is 2.58 bits per heavy atom. The second-order valence-electron chi connectivity index (χ2n) is 2.93. The van der Waals surface area contributed by atoms with Crippen LogP contribution >= 0.6 is 0 Å². The monoisotopic (exact) mass is 174 g/mol. The molecular formula is C8H14O4. The summed E-state index contributed by atoms with van der Waals surface area (Å²) in [5.41, 5.74) is 0. The van der Waals surface area contributed by atoms with Gasteiger partial charge in [-0.25, -0.2) is 0 Å². The predicted molar refractivity (Wildman–Crippen MR) is 41.6 cm³/mol. The second kappa shape index (κ2) is 4.42. The van der Waals surface area contributed by atoms with Crippen LogP contribution in [0.5, 0.6) is 0 Å². The van der Waals surface area contributed by atoms with Gasteiger partial charge in [-0.1, -0.05) is 0 Å². The van der Waals surface area contributed by atoms with Crippen LogP contribution in [0.1, 0.15) is 19.3 Å². The van der Waals surface area contributed by atoms with Gasteiger partial charge in [-0.2, -0.15) is 0 Å². The van der Waals surface area contributed by atoms with E-state index in [2.05, 4.69) is 0 Å². The number of ether oxygens (including phenoxy) is 2. The van der Waals surface area contributed by atoms with Crippen LogP contribution in [0.2, 0.25) is 0 Å². The van der Waals surface area contributed by atoms with E-state index in [-0.39, 0.29) is 24.8 Å². The van der Waals surface area contributed by atoms with E-state index in [1.807, 2.05) is 0 Å². The molecule has 0 amide bonds. The zero-order valence-electron chi connectivity index (χ0n) is 7.16. The maximum absolute atomic E-state index is 10.7. The molecule has 0 aromatic carbocycles. The molecule has 1 rings (SSSR count). The molecule has 0 spiro atoms. The summed E-state index contributed by atoms with van der Waals surface area (Å²) < 4.78 is 9.92. The molecule has 1 aliphatic heterocycles.